The van der Waals surface area contributed by atoms with Crippen LogP contribution in [0.4, 0.5) is 0 Å². The molecule has 0 radical (unpaired) electrons. The molecule has 1 aliphatic heterocycles. The molecule has 1 amide bonds. The monoisotopic (exact) mass is 483 g/mol. The third-order valence-electron chi connectivity index (χ3n) is 7.21. The summed E-state index contributed by atoms with van der Waals surface area (Å²) in [5, 5.41) is 21.8. The van der Waals surface area contributed by atoms with E-state index in [9.17, 15) is 19.8 Å². The number of rotatable bonds is 6. The number of aromatic nitrogens is 1. The predicted octanol–water partition coefficient (Wildman–Crippen LogP) is 3.97. The summed E-state index contributed by atoms with van der Waals surface area (Å²) in [6.07, 6.45) is 1.76. The van der Waals surface area contributed by atoms with E-state index in [0.29, 0.717) is 36.8 Å². The fourth-order valence-corrected chi connectivity index (χ4v) is 5.12. The van der Waals surface area contributed by atoms with Crippen LogP contribution in [-0.4, -0.2) is 45.1 Å². The Balaban J connectivity index is 1.35. The maximum atomic E-state index is 13.3. The number of carbonyl (C=O) groups is 2. The second kappa shape index (κ2) is 9.60. The van der Waals surface area contributed by atoms with Gasteiger partial charge in [-0.2, -0.15) is 0 Å². The van der Waals surface area contributed by atoms with Crippen molar-refractivity contribution in [2.75, 3.05) is 13.1 Å². The third-order valence-corrected chi connectivity index (χ3v) is 7.21. The molecule has 7 heteroatoms. The molecule has 1 atom stereocenters. The van der Waals surface area contributed by atoms with E-state index in [1.165, 1.54) is 5.56 Å². The first-order valence-corrected chi connectivity index (χ1v) is 12.1. The number of nitrogens with one attached hydrogen (secondary N) is 1. The van der Waals surface area contributed by atoms with Crippen molar-refractivity contribution < 1.29 is 19.8 Å². The van der Waals surface area contributed by atoms with Gasteiger partial charge in [0.1, 0.15) is 5.69 Å². The zero-order valence-corrected chi connectivity index (χ0v) is 19.9. The number of amides is 1. The molecule has 1 unspecified atom stereocenters. The first-order valence-electron chi connectivity index (χ1n) is 12.1. The molecule has 5 rings (SSSR count). The van der Waals surface area contributed by atoms with Crippen LogP contribution < -0.4 is 5.73 Å². The van der Waals surface area contributed by atoms with Crippen molar-refractivity contribution in [2.24, 2.45) is 5.73 Å². The van der Waals surface area contributed by atoms with Crippen LogP contribution in [0.2, 0.25) is 0 Å². The summed E-state index contributed by atoms with van der Waals surface area (Å²) < 4.78 is 0. The fraction of sp³-hybridized carbons (Fsp3) is 0.241. The molecule has 1 fully saturated rings. The minimum absolute atomic E-state index is 0.0848. The highest BCUT2D eigenvalue weighted by Crippen LogP contribution is 2.33. The van der Waals surface area contributed by atoms with E-state index in [0.717, 1.165) is 23.8 Å². The van der Waals surface area contributed by atoms with Gasteiger partial charge >= 0.3 is 5.97 Å². The summed E-state index contributed by atoms with van der Waals surface area (Å²) in [5.74, 6) is -1.05. The Morgan fingerprint density at radius 3 is 2.39 bits per heavy atom. The maximum Gasteiger partial charge on any atom is 0.345 e. The molecule has 0 bridgehead atoms. The zero-order chi connectivity index (χ0) is 25.3. The largest absolute Gasteiger partial charge is 0.479 e. The third kappa shape index (κ3) is 4.27. The molecule has 1 aliphatic rings. The van der Waals surface area contributed by atoms with Crippen LogP contribution in [0.25, 0.3) is 10.9 Å². The van der Waals surface area contributed by atoms with E-state index in [1.54, 1.807) is 54.6 Å². The number of carboxylic acids is 1. The van der Waals surface area contributed by atoms with Crippen molar-refractivity contribution >= 4 is 22.8 Å². The van der Waals surface area contributed by atoms with Crippen molar-refractivity contribution in [3.05, 3.63) is 107 Å². The lowest BCUT2D eigenvalue weighted by Crippen LogP contribution is -2.38. The molecule has 3 aromatic carbocycles. The Morgan fingerprint density at radius 2 is 1.69 bits per heavy atom. The quantitative estimate of drug-likeness (QED) is 0.331. The minimum atomic E-state index is -2.20. The average molecular weight is 484 g/mol. The van der Waals surface area contributed by atoms with Gasteiger partial charge in [0.2, 0.25) is 5.60 Å². The number of fused-ring (bicyclic) bond motifs is 1. The number of carbonyl (C=O) groups excluding carboxylic acids is 1. The van der Waals surface area contributed by atoms with Gasteiger partial charge in [0.25, 0.3) is 5.91 Å². The Labute approximate surface area is 209 Å². The van der Waals surface area contributed by atoms with Gasteiger partial charge in [-0.25, -0.2) is 4.79 Å². The van der Waals surface area contributed by atoms with Gasteiger partial charge in [0.05, 0.1) is 0 Å². The van der Waals surface area contributed by atoms with Crippen LogP contribution in [0.15, 0.2) is 78.9 Å². The van der Waals surface area contributed by atoms with Crippen molar-refractivity contribution in [1.29, 1.82) is 0 Å². The van der Waals surface area contributed by atoms with Gasteiger partial charge in [-0.05, 0) is 47.6 Å². The highest BCUT2D eigenvalue weighted by atomic mass is 16.4. The van der Waals surface area contributed by atoms with E-state index < -0.39 is 11.6 Å². The normalized spacial score (nSPS) is 16.1. The molecule has 184 valence electrons. The van der Waals surface area contributed by atoms with Crippen molar-refractivity contribution in [1.82, 2.24) is 9.88 Å². The SMILES string of the molecule is NCc1cccc(C2CCN(C(=O)c3cc4ccc(C(O)(C(=O)O)c5ccccc5)cc4[nH]3)CC2)c1. The number of nitrogens with two attached hydrogens (primary N) is 1. The first-order chi connectivity index (χ1) is 17.4. The van der Waals surface area contributed by atoms with Gasteiger partial charge in [-0.1, -0.05) is 66.7 Å². The average Bonchev–Trinajstić information content (AvgIpc) is 3.36. The molecule has 36 heavy (non-hydrogen) atoms. The van der Waals surface area contributed by atoms with Crippen LogP contribution in [0, 0.1) is 0 Å². The number of aliphatic carboxylic acids is 1. The number of piperidine rings is 1. The van der Waals surface area contributed by atoms with Crippen molar-refractivity contribution in [2.45, 2.75) is 30.9 Å². The predicted molar refractivity (Wildman–Crippen MR) is 138 cm³/mol. The number of carboxylic acid groups (broad SMARTS) is 1. The summed E-state index contributed by atoms with van der Waals surface area (Å²) in [6, 6.07) is 23.3. The van der Waals surface area contributed by atoms with Gasteiger partial charge in [-0.3, -0.25) is 4.79 Å². The number of hydrogen-bond acceptors (Lipinski definition) is 4. The second-order valence-electron chi connectivity index (χ2n) is 9.38. The molecule has 0 saturated carbocycles. The van der Waals surface area contributed by atoms with Crippen LogP contribution in [0.5, 0.6) is 0 Å². The number of aliphatic hydroxyl groups is 1. The molecule has 5 N–H and O–H groups in total. The molecule has 1 aromatic heterocycles. The van der Waals surface area contributed by atoms with E-state index in [4.69, 9.17) is 5.73 Å². The lowest BCUT2D eigenvalue weighted by molar-refractivity contribution is -0.155. The highest BCUT2D eigenvalue weighted by Gasteiger charge is 2.40. The number of hydrogen-bond donors (Lipinski definition) is 4. The van der Waals surface area contributed by atoms with Gasteiger partial charge in [-0.15, -0.1) is 0 Å². The fourth-order valence-electron chi connectivity index (χ4n) is 5.12. The minimum Gasteiger partial charge on any atom is -0.479 e. The molecule has 4 aromatic rings. The van der Waals surface area contributed by atoms with Gasteiger partial charge < -0.3 is 25.8 Å². The van der Waals surface area contributed by atoms with E-state index in [-0.39, 0.29) is 17.0 Å². The summed E-state index contributed by atoms with van der Waals surface area (Å²) in [5.41, 5.74) is 7.50. The van der Waals surface area contributed by atoms with Gasteiger partial charge in [0, 0.05) is 36.1 Å². The van der Waals surface area contributed by atoms with E-state index in [1.807, 2.05) is 17.0 Å². The number of H-pyrrole nitrogens is 1. The van der Waals surface area contributed by atoms with E-state index in [2.05, 4.69) is 17.1 Å². The molecule has 2 heterocycles. The smallest absolute Gasteiger partial charge is 0.345 e. The number of aromatic amines is 1. The number of nitrogens with zero attached hydrogens (tertiary/aromatic N) is 1. The first kappa shape index (κ1) is 23.8. The summed E-state index contributed by atoms with van der Waals surface area (Å²) in [6.45, 7) is 1.83. The molecular formula is C29H29N3O4. The Kier molecular flexibility index (Phi) is 6.35. The standard InChI is InChI=1S/C29H29N3O4/c30-18-19-5-4-6-21(15-19)20-11-13-32(14-12-20)27(33)26-16-22-9-10-24(17-25(22)31-26)29(36,28(34)35)23-7-2-1-3-8-23/h1-10,15-17,20,31,36H,11-14,18,30H2,(H,34,35). The second-order valence-corrected chi connectivity index (χ2v) is 9.38. The van der Waals surface area contributed by atoms with Crippen LogP contribution in [0.3, 0.4) is 0 Å². The van der Waals surface area contributed by atoms with Crippen molar-refractivity contribution in [3.63, 3.8) is 0 Å². The number of likely N-dealkylation sites (tertiary alicyclic amines) is 1. The van der Waals surface area contributed by atoms with Crippen LogP contribution >= 0.6 is 0 Å². The Morgan fingerprint density at radius 1 is 0.944 bits per heavy atom. The van der Waals surface area contributed by atoms with Crippen LogP contribution in [0.1, 0.15) is 51.5 Å². The van der Waals surface area contributed by atoms with Gasteiger partial charge in [0.15, 0.2) is 0 Å². The number of benzene rings is 3. The lowest BCUT2D eigenvalue weighted by atomic mass is 9.86. The molecular weight excluding hydrogens is 454 g/mol. The topological polar surface area (TPSA) is 120 Å². The maximum absolute atomic E-state index is 13.3. The molecule has 0 aliphatic carbocycles. The lowest BCUT2D eigenvalue weighted by Gasteiger charge is -2.32. The summed E-state index contributed by atoms with van der Waals surface area (Å²) >= 11 is 0. The summed E-state index contributed by atoms with van der Waals surface area (Å²) in [4.78, 5) is 30.4. The van der Waals surface area contributed by atoms with E-state index >= 15 is 0 Å². The molecule has 0 spiro atoms. The Hall–Kier alpha value is -3.94. The van der Waals surface area contributed by atoms with Crippen LogP contribution in [-0.2, 0) is 16.9 Å². The van der Waals surface area contributed by atoms with Crippen molar-refractivity contribution in [3.8, 4) is 0 Å². The highest BCUT2D eigenvalue weighted by molar-refractivity contribution is 5.98. The summed E-state index contributed by atoms with van der Waals surface area (Å²) in [7, 11) is 0. The molecule has 1 saturated heterocycles. The molecule has 7 nitrogen and oxygen atoms in total. The zero-order valence-electron chi connectivity index (χ0n) is 19.9. The Bertz CT molecular complexity index is 1410.